The van der Waals surface area contributed by atoms with E-state index < -0.39 is 0 Å². The zero-order valence-corrected chi connectivity index (χ0v) is 42.0. The molecule has 0 amide bonds. The van der Waals surface area contributed by atoms with E-state index >= 15 is 0 Å². The third-order valence-electron chi connectivity index (χ3n) is 14.8. The molecule has 6 heteroatoms. The molecule has 0 saturated heterocycles. The van der Waals surface area contributed by atoms with E-state index in [0.29, 0.717) is 22.5 Å². The van der Waals surface area contributed by atoms with Gasteiger partial charge in [0, 0.05) is 32.3 Å². The predicted molar refractivity (Wildman–Crippen MR) is 295 cm³/mol. The van der Waals surface area contributed by atoms with Crippen LogP contribution in [0.4, 0.5) is 0 Å². The van der Waals surface area contributed by atoms with Crippen LogP contribution in [-0.2, 0) is 16.2 Å². The van der Waals surface area contributed by atoms with Crippen LogP contribution in [0.1, 0.15) is 95.7 Å². The molecule has 0 fully saturated rings. The van der Waals surface area contributed by atoms with Gasteiger partial charge in [0.25, 0.3) is 0 Å². The van der Waals surface area contributed by atoms with Crippen LogP contribution in [0.3, 0.4) is 0 Å². The fourth-order valence-electron chi connectivity index (χ4n) is 11.0. The number of aryl methyl sites for hydroxylation is 1. The summed E-state index contributed by atoms with van der Waals surface area (Å²) >= 11 is 0. The van der Waals surface area contributed by atoms with Crippen molar-refractivity contribution in [1.29, 1.82) is 10.5 Å². The van der Waals surface area contributed by atoms with Crippen LogP contribution in [-0.4, -0.2) is 9.13 Å². The van der Waals surface area contributed by atoms with E-state index in [1.807, 2.05) is 36.4 Å². The molecule has 0 unspecified atom stereocenters. The van der Waals surface area contributed by atoms with Gasteiger partial charge in [-0.25, -0.2) is 0 Å². The van der Waals surface area contributed by atoms with Gasteiger partial charge < -0.3 is 18.0 Å². The quantitative estimate of drug-likeness (QED) is 0.173. The van der Waals surface area contributed by atoms with Crippen molar-refractivity contribution in [2.45, 2.75) is 85.5 Å². The minimum absolute atomic E-state index is 0.128. The Bertz CT molecular complexity index is 4370. The highest BCUT2D eigenvalue weighted by Crippen LogP contribution is 2.47. The Hall–Kier alpha value is -8.32. The summed E-state index contributed by atoms with van der Waals surface area (Å²) in [4.78, 5) is 0. The lowest BCUT2D eigenvalue weighted by atomic mass is 9.85. The van der Waals surface area contributed by atoms with Crippen molar-refractivity contribution >= 4 is 98.3 Å². The van der Waals surface area contributed by atoms with Crippen molar-refractivity contribution in [3.8, 4) is 23.5 Å². The highest BCUT2D eigenvalue weighted by atomic mass is 16.4. The van der Waals surface area contributed by atoms with Gasteiger partial charge in [-0.05, 0) is 122 Å². The van der Waals surface area contributed by atoms with Gasteiger partial charge in [-0.1, -0.05) is 153 Å². The maximum Gasteiger partial charge on any atom is 0.191 e. The molecule has 71 heavy (non-hydrogen) atoms. The second-order valence-corrected chi connectivity index (χ2v) is 22.5. The molecule has 0 atom stereocenters. The predicted octanol–water partition coefficient (Wildman–Crippen LogP) is 17.9. The normalized spacial score (nSPS) is 12.6. The van der Waals surface area contributed by atoms with Gasteiger partial charge in [-0.15, -0.1) is 0 Å². The number of nitrogens with zero attached hydrogens (tertiary/aromatic N) is 4. The first-order chi connectivity index (χ1) is 33.9. The summed E-state index contributed by atoms with van der Waals surface area (Å²) in [6.07, 6.45) is 0. The molecule has 3 aromatic heterocycles. The summed E-state index contributed by atoms with van der Waals surface area (Å²) in [5.74, 6) is 0. The van der Waals surface area contributed by atoms with Gasteiger partial charge in [-0.3, -0.25) is 0 Å². The molecule has 0 radical (unpaired) electrons. The summed E-state index contributed by atoms with van der Waals surface area (Å²) in [6, 6.07) is 56.7. The first-order valence-electron chi connectivity index (χ1n) is 24.5. The molecule has 0 bridgehead atoms. The molecular weight excluding hydrogens is 869 g/mol. The summed E-state index contributed by atoms with van der Waals surface area (Å²) in [7, 11) is 0. The van der Waals surface area contributed by atoms with Crippen molar-refractivity contribution in [1.82, 2.24) is 9.13 Å². The monoisotopic (exact) mass is 922 g/mol. The maximum atomic E-state index is 12.1. The van der Waals surface area contributed by atoms with Crippen LogP contribution in [0.2, 0.25) is 0 Å². The topological polar surface area (TPSA) is 83.7 Å². The summed E-state index contributed by atoms with van der Waals surface area (Å²) < 4.78 is 19.1. The van der Waals surface area contributed by atoms with Crippen LogP contribution < -0.4 is 0 Å². The van der Waals surface area contributed by atoms with Crippen molar-refractivity contribution in [2.75, 3.05) is 0 Å². The van der Waals surface area contributed by atoms with E-state index in [0.717, 1.165) is 81.5 Å². The molecule has 9 aromatic carbocycles. The second kappa shape index (κ2) is 15.3. The largest absolute Gasteiger partial charge is 0.451 e. The Kier molecular flexibility index (Phi) is 9.49. The SMILES string of the molecule is Cc1ccc2c(c1)c1cc(C(C)(C)C)ccc1n2-c1c(-n2c3ccc(C(C)(C)C)cc3c3cc(C(C)(C)C)ccc32)c(C#N)c2oc3ccc4ccccc4c3c3c(ccc4ccccc43)oc2c1C#N. The van der Waals surface area contributed by atoms with E-state index in [1.54, 1.807) is 0 Å². The molecule has 12 rings (SSSR count). The molecule has 0 saturated carbocycles. The highest BCUT2D eigenvalue weighted by molar-refractivity contribution is 6.25. The van der Waals surface area contributed by atoms with E-state index in [1.165, 1.54) is 16.7 Å². The molecule has 0 aliphatic rings. The Morgan fingerprint density at radius 3 is 1.11 bits per heavy atom. The minimum Gasteiger partial charge on any atom is -0.451 e. The first-order valence-corrected chi connectivity index (χ1v) is 24.5. The molecule has 6 nitrogen and oxygen atoms in total. The average Bonchev–Trinajstić information content (AvgIpc) is 3.83. The fraction of sp³-hybridized carbons (Fsp3) is 0.200. The molecule has 0 aliphatic heterocycles. The van der Waals surface area contributed by atoms with Crippen molar-refractivity contribution in [3.05, 3.63) is 179 Å². The molecule has 346 valence electrons. The van der Waals surface area contributed by atoms with Crippen molar-refractivity contribution < 1.29 is 8.83 Å². The molecular formula is C65H54N4O2. The zero-order chi connectivity index (χ0) is 49.5. The molecule has 0 spiro atoms. The van der Waals surface area contributed by atoms with Gasteiger partial charge in [0.2, 0.25) is 0 Å². The number of nitriles is 2. The lowest BCUT2D eigenvalue weighted by molar-refractivity contribution is 0.590. The number of hydrogen-bond acceptors (Lipinski definition) is 4. The van der Waals surface area contributed by atoms with Gasteiger partial charge in [0.15, 0.2) is 11.2 Å². The third-order valence-corrected chi connectivity index (χ3v) is 14.8. The van der Waals surface area contributed by atoms with Crippen LogP contribution in [0.25, 0.3) is 110 Å². The number of rotatable bonds is 2. The van der Waals surface area contributed by atoms with E-state index in [4.69, 9.17) is 8.83 Å². The maximum absolute atomic E-state index is 12.1. The van der Waals surface area contributed by atoms with Gasteiger partial charge in [0.05, 0.1) is 33.4 Å². The number of benzene rings is 9. The summed E-state index contributed by atoms with van der Waals surface area (Å²) in [6.45, 7) is 22.2. The van der Waals surface area contributed by atoms with Crippen LogP contribution in [0.5, 0.6) is 0 Å². The molecule has 0 aliphatic carbocycles. The lowest BCUT2D eigenvalue weighted by Gasteiger charge is -2.22. The second-order valence-electron chi connectivity index (χ2n) is 22.5. The van der Waals surface area contributed by atoms with Gasteiger partial charge >= 0.3 is 0 Å². The number of aromatic nitrogens is 2. The Morgan fingerprint density at radius 1 is 0.394 bits per heavy atom. The van der Waals surface area contributed by atoms with Crippen LogP contribution >= 0.6 is 0 Å². The standard InChI is InChI=1S/C65H54N4O2/c1-37-19-25-51-45(31-37)46-32-40(63(2,3)4)22-26-52(46)68(51)59-49(35-66)61-62(71-56-30-21-39-16-12-14-18-44(39)58(56)57-43-17-13-11-15-38(43)20-29-55(57)70-61)50(36-67)60(59)69-53-27-23-41(64(5,6)7)33-47(53)48-34-42(65(8,9)10)24-28-54(48)69/h11-34H,1-10H3. The summed E-state index contributed by atoms with van der Waals surface area (Å²) in [5, 5.41) is 34.2. The highest BCUT2D eigenvalue weighted by Gasteiger charge is 2.32. The average molecular weight is 923 g/mol. The molecule has 0 N–H and O–H groups in total. The Labute approximate surface area is 412 Å². The Balaban J connectivity index is 1.39. The Morgan fingerprint density at radius 2 is 0.746 bits per heavy atom. The minimum atomic E-state index is -0.138. The van der Waals surface area contributed by atoms with Crippen molar-refractivity contribution in [2.24, 2.45) is 0 Å². The van der Waals surface area contributed by atoms with E-state index in [2.05, 4.69) is 200 Å². The number of fused-ring (bicyclic) bond motifs is 14. The first kappa shape index (κ1) is 43.9. The van der Waals surface area contributed by atoms with E-state index in [9.17, 15) is 10.5 Å². The number of hydrogen-bond donors (Lipinski definition) is 0. The van der Waals surface area contributed by atoms with Gasteiger partial charge in [0.1, 0.15) is 34.4 Å². The van der Waals surface area contributed by atoms with Crippen LogP contribution in [0.15, 0.2) is 154 Å². The smallest absolute Gasteiger partial charge is 0.191 e. The molecule has 3 heterocycles. The van der Waals surface area contributed by atoms with E-state index in [-0.39, 0.29) is 38.5 Å². The van der Waals surface area contributed by atoms with Crippen molar-refractivity contribution in [3.63, 3.8) is 0 Å². The lowest BCUT2D eigenvalue weighted by Crippen LogP contribution is -2.12. The third kappa shape index (κ3) is 6.66. The fourth-order valence-corrected chi connectivity index (χ4v) is 11.0. The van der Waals surface area contributed by atoms with Gasteiger partial charge in [-0.2, -0.15) is 10.5 Å². The van der Waals surface area contributed by atoms with Crippen LogP contribution in [0, 0.1) is 29.6 Å². The summed E-state index contributed by atoms with van der Waals surface area (Å²) in [5.41, 5.74) is 10.9. The zero-order valence-electron chi connectivity index (χ0n) is 42.0. The molecule has 12 aromatic rings.